The predicted octanol–water partition coefficient (Wildman–Crippen LogP) is 3.57. The van der Waals surface area contributed by atoms with Crippen LogP contribution in [-0.4, -0.2) is 30.7 Å². The molecule has 166 valence electrons. The lowest BCUT2D eigenvalue weighted by Crippen LogP contribution is -2.14. The number of carbonyl (C=O) groups is 4. The summed E-state index contributed by atoms with van der Waals surface area (Å²) in [4.78, 5) is 47.8. The van der Waals surface area contributed by atoms with Gasteiger partial charge in [-0.05, 0) is 55.8 Å². The number of carbonyl (C=O) groups excluding carboxylic acids is 4. The van der Waals surface area contributed by atoms with E-state index in [2.05, 4.69) is 5.32 Å². The molecule has 2 amide bonds. The van der Waals surface area contributed by atoms with Crippen LogP contribution in [0, 0.1) is 6.92 Å². The monoisotopic (exact) mass is 456 g/mol. The zero-order valence-corrected chi connectivity index (χ0v) is 18.3. The highest BCUT2D eigenvalue weighted by atomic mass is 32.1. The van der Waals surface area contributed by atoms with Crippen LogP contribution in [0.1, 0.15) is 59.2 Å². The summed E-state index contributed by atoms with van der Waals surface area (Å²) in [5.41, 5.74) is 6.31. The van der Waals surface area contributed by atoms with E-state index in [0.717, 1.165) is 11.3 Å². The summed E-state index contributed by atoms with van der Waals surface area (Å²) >= 11 is 0.881. The number of methoxy groups -OCH3 is 1. The van der Waals surface area contributed by atoms with Crippen molar-refractivity contribution in [1.29, 1.82) is 0 Å². The van der Waals surface area contributed by atoms with Gasteiger partial charge < -0.3 is 24.9 Å². The van der Waals surface area contributed by atoms with Gasteiger partial charge in [0.15, 0.2) is 11.5 Å². The van der Waals surface area contributed by atoms with E-state index in [-0.39, 0.29) is 33.6 Å². The Hall–Kier alpha value is -3.92. The summed E-state index contributed by atoms with van der Waals surface area (Å²) in [5, 5.41) is 2.70. The fraction of sp³-hybridized carbons (Fsp3) is 0.182. The number of benzene rings is 1. The molecular formula is C22H20N2O7S. The molecular weight excluding hydrogens is 436 g/mol. The molecule has 32 heavy (non-hydrogen) atoms. The van der Waals surface area contributed by atoms with Gasteiger partial charge in [0, 0.05) is 5.56 Å². The number of hydrogen-bond donors (Lipinski definition) is 2. The minimum atomic E-state index is -0.716. The maximum atomic E-state index is 12.6. The highest BCUT2D eigenvalue weighted by molar-refractivity contribution is 7.18. The molecule has 9 nitrogen and oxygen atoms in total. The quantitative estimate of drug-likeness (QED) is 0.390. The standard InChI is InChI=1S/C22H20N2O7S/c1-11-17(22(28)29-3)21(32-18(11)19(23)26)24-20(27)16-9-8-15(31-16)10-30-14-6-4-13(5-7-14)12(2)25/h4-9H,10H2,1-3H3,(H2,23,26)(H,24,27). The fourth-order valence-electron chi connectivity index (χ4n) is 2.87. The van der Waals surface area contributed by atoms with Gasteiger partial charge >= 0.3 is 5.97 Å². The minimum Gasteiger partial charge on any atom is -0.486 e. The number of Topliss-reactive ketones (excluding diaryl/α,β-unsaturated/α-hetero) is 1. The van der Waals surface area contributed by atoms with Crippen molar-refractivity contribution in [1.82, 2.24) is 0 Å². The number of anilines is 1. The molecule has 0 atom stereocenters. The summed E-state index contributed by atoms with van der Waals surface area (Å²) in [6, 6.07) is 9.67. The van der Waals surface area contributed by atoms with Crippen LogP contribution in [0.15, 0.2) is 40.8 Å². The molecule has 0 saturated carbocycles. The number of hydrogen-bond acceptors (Lipinski definition) is 8. The van der Waals surface area contributed by atoms with Crippen LogP contribution in [0.2, 0.25) is 0 Å². The lowest BCUT2D eigenvalue weighted by Gasteiger charge is -2.05. The fourth-order valence-corrected chi connectivity index (χ4v) is 3.91. The van der Waals surface area contributed by atoms with Crippen molar-refractivity contribution >= 4 is 39.9 Å². The number of nitrogens with two attached hydrogens (primary N) is 1. The maximum Gasteiger partial charge on any atom is 0.341 e. The number of esters is 1. The molecule has 1 aromatic carbocycles. The third-order valence-corrected chi connectivity index (χ3v) is 5.74. The van der Waals surface area contributed by atoms with Crippen LogP contribution in [0.4, 0.5) is 5.00 Å². The van der Waals surface area contributed by atoms with Crippen LogP contribution in [0.3, 0.4) is 0 Å². The van der Waals surface area contributed by atoms with Crippen molar-refractivity contribution in [3.05, 3.63) is 69.5 Å². The van der Waals surface area contributed by atoms with Gasteiger partial charge in [0.1, 0.15) is 23.1 Å². The zero-order chi connectivity index (χ0) is 23.4. The Bertz CT molecular complexity index is 1190. The number of nitrogens with one attached hydrogen (secondary N) is 1. The number of rotatable bonds is 8. The van der Waals surface area contributed by atoms with Crippen molar-refractivity contribution in [3.8, 4) is 5.75 Å². The molecule has 0 bridgehead atoms. The van der Waals surface area contributed by atoms with Gasteiger partial charge in [-0.2, -0.15) is 0 Å². The topological polar surface area (TPSA) is 138 Å². The van der Waals surface area contributed by atoms with Gasteiger partial charge in [0.2, 0.25) is 0 Å². The number of amides is 2. The second-order valence-electron chi connectivity index (χ2n) is 6.71. The molecule has 10 heteroatoms. The Balaban J connectivity index is 1.71. The van der Waals surface area contributed by atoms with Crippen molar-refractivity contribution < 1.29 is 33.1 Å². The van der Waals surface area contributed by atoms with Crippen LogP contribution in [-0.2, 0) is 11.3 Å². The lowest BCUT2D eigenvalue weighted by atomic mass is 10.1. The lowest BCUT2D eigenvalue weighted by molar-refractivity contribution is 0.0601. The van der Waals surface area contributed by atoms with Crippen molar-refractivity contribution in [2.45, 2.75) is 20.5 Å². The van der Waals surface area contributed by atoms with Gasteiger partial charge in [0.25, 0.3) is 11.8 Å². The van der Waals surface area contributed by atoms with E-state index in [1.165, 1.54) is 20.1 Å². The van der Waals surface area contributed by atoms with Crippen LogP contribution in [0.25, 0.3) is 0 Å². The van der Waals surface area contributed by atoms with E-state index in [9.17, 15) is 19.2 Å². The van der Waals surface area contributed by atoms with Crippen LogP contribution < -0.4 is 15.8 Å². The van der Waals surface area contributed by atoms with E-state index in [1.54, 1.807) is 37.3 Å². The molecule has 2 heterocycles. The summed E-state index contributed by atoms with van der Waals surface area (Å²) in [6.07, 6.45) is 0. The first-order chi connectivity index (χ1) is 15.2. The molecule has 2 aromatic heterocycles. The first-order valence-electron chi connectivity index (χ1n) is 9.36. The SMILES string of the molecule is COC(=O)c1c(NC(=O)c2ccc(COc3ccc(C(C)=O)cc3)o2)sc(C(N)=O)c1C. The maximum absolute atomic E-state index is 12.6. The van der Waals surface area contributed by atoms with E-state index in [4.69, 9.17) is 19.6 Å². The normalized spacial score (nSPS) is 10.5. The van der Waals surface area contributed by atoms with Crippen molar-refractivity contribution in [2.24, 2.45) is 5.73 Å². The Morgan fingerprint density at radius 2 is 1.78 bits per heavy atom. The van der Waals surface area contributed by atoms with Gasteiger partial charge in [-0.25, -0.2) is 4.79 Å². The van der Waals surface area contributed by atoms with Gasteiger partial charge in [-0.1, -0.05) is 0 Å². The second kappa shape index (κ2) is 9.48. The summed E-state index contributed by atoms with van der Waals surface area (Å²) in [5.74, 6) is -1.18. The van der Waals surface area contributed by atoms with E-state index < -0.39 is 17.8 Å². The Morgan fingerprint density at radius 3 is 2.38 bits per heavy atom. The molecule has 3 rings (SSSR count). The van der Waals surface area contributed by atoms with Gasteiger partial charge in [0.05, 0.1) is 17.6 Å². The Morgan fingerprint density at radius 1 is 1.09 bits per heavy atom. The second-order valence-corrected chi connectivity index (χ2v) is 7.73. The molecule has 0 saturated heterocycles. The van der Waals surface area contributed by atoms with Crippen molar-refractivity contribution in [3.63, 3.8) is 0 Å². The third kappa shape index (κ3) is 4.86. The highest BCUT2D eigenvalue weighted by Gasteiger charge is 2.26. The number of ketones is 1. The highest BCUT2D eigenvalue weighted by Crippen LogP contribution is 2.33. The van der Waals surface area contributed by atoms with Crippen LogP contribution in [0.5, 0.6) is 5.75 Å². The first kappa shape index (κ1) is 22.8. The number of furan rings is 1. The summed E-state index contributed by atoms with van der Waals surface area (Å²) in [6.45, 7) is 3.08. The summed E-state index contributed by atoms with van der Waals surface area (Å²) < 4.78 is 15.9. The third-order valence-electron chi connectivity index (χ3n) is 4.51. The van der Waals surface area contributed by atoms with Crippen LogP contribution >= 0.6 is 11.3 Å². The molecule has 0 aliphatic heterocycles. The molecule has 3 N–H and O–H groups in total. The molecule has 0 unspecified atom stereocenters. The van der Waals surface area contributed by atoms with E-state index in [0.29, 0.717) is 22.6 Å². The molecule has 3 aromatic rings. The Kier molecular flexibility index (Phi) is 6.74. The average molecular weight is 456 g/mol. The molecule has 0 aliphatic rings. The van der Waals surface area contributed by atoms with E-state index >= 15 is 0 Å². The number of ether oxygens (including phenoxy) is 2. The molecule has 0 spiro atoms. The molecule has 0 aliphatic carbocycles. The summed E-state index contributed by atoms with van der Waals surface area (Å²) in [7, 11) is 1.20. The zero-order valence-electron chi connectivity index (χ0n) is 17.5. The number of thiophene rings is 1. The van der Waals surface area contributed by atoms with E-state index in [1.807, 2.05) is 0 Å². The largest absolute Gasteiger partial charge is 0.486 e. The molecule has 0 fully saturated rings. The van der Waals surface area contributed by atoms with Crippen molar-refractivity contribution in [2.75, 3.05) is 12.4 Å². The molecule has 0 radical (unpaired) electrons. The Labute approximate surface area is 187 Å². The first-order valence-corrected chi connectivity index (χ1v) is 10.2. The number of primary amides is 1. The minimum absolute atomic E-state index is 0.0157. The van der Waals surface area contributed by atoms with Gasteiger partial charge in [-0.3, -0.25) is 14.4 Å². The predicted molar refractivity (Wildman–Crippen MR) is 116 cm³/mol. The average Bonchev–Trinajstić information content (AvgIpc) is 3.36. The van der Waals surface area contributed by atoms with Gasteiger partial charge in [-0.15, -0.1) is 11.3 Å². The smallest absolute Gasteiger partial charge is 0.341 e.